The van der Waals surface area contributed by atoms with Gasteiger partial charge in [0.2, 0.25) is 0 Å². The zero-order valence-corrected chi connectivity index (χ0v) is 11.5. The fraction of sp³-hybridized carbons (Fsp3) is 0.0625. The minimum Gasteiger partial charge on any atom is -0.383 e. The van der Waals surface area contributed by atoms with E-state index >= 15 is 0 Å². The molecule has 1 amide bonds. The molecule has 0 saturated heterocycles. The molecule has 5 heteroatoms. The van der Waals surface area contributed by atoms with Crippen LogP contribution in [0.1, 0.15) is 15.9 Å². The molecule has 5 nitrogen and oxygen atoms in total. The SMILES string of the molecule is Cc1cccnc1NC(=O)c1cnc(N)c2ccccc12. The predicted octanol–water partition coefficient (Wildman–Crippen LogP) is 2.77. The summed E-state index contributed by atoms with van der Waals surface area (Å²) >= 11 is 0. The highest BCUT2D eigenvalue weighted by molar-refractivity contribution is 6.13. The van der Waals surface area contributed by atoms with E-state index in [1.807, 2.05) is 43.3 Å². The minimum atomic E-state index is -0.250. The molecule has 0 bridgehead atoms. The van der Waals surface area contributed by atoms with E-state index in [2.05, 4.69) is 15.3 Å². The van der Waals surface area contributed by atoms with E-state index in [0.29, 0.717) is 17.2 Å². The Bertz CT molecular complexity index is 829. The van der Waals surface area contributed by atoms with Crippen molar-refractivity contribution in [3.05, 3.63) is 59.9 Å². The van der Waals surface area contributed by atoms with Crippen LogP contribution in [0.2, 0.25) is 0 Å². The van der Waals surface area contributed by atoms with Crippen molar-refractivity contribution in [2.45, 2.75) is 6.92 Å². The number of anilines is 2. The van der Waals surface area contributed by atoms with E-state index in [-0.39, 0.29) is 5.91 Å². The number of benzene rings is 1. The van der Waals surface area contributed by atoms with Gasteiger partial charge in [0.15, 0.2) is 0 Å². The molecule has 0 fully saturated rings. The Labute approximate surface area is 121 Å². The second-order valence-corrected chi connectivity index (χ2v) is 4.73. The van der Waals surface area contributed by atoms with Crippen molar-refractivity contribution in [3.63, 3.8) is 0 Å². The van der Waals surface area contributed by atoms with Gasteiger partial charge in [0.05, 0.1) is 5.56 Å². The Morgan fingerprint density at radius 1 is 1.10 bits per heavy atom. The van der Waals surface area contributed by atoms with Crippen LogP contribution in [0.25, 0.3) is 10.8 Å². The van der Waals surface area contributed by atoms with Gasteiger partial charge in [0.25, 0.3) is 5.91 Å². The molecule has 104 valence electrons. The molecular weight excluding hydrogens is 264 g/mol. The molecule has 3 aromatic rings. The Morgan fingerprint density at radius 3 is 2.62 bits per heavy atom. The molecule has 0 unspecified atom stereocenters. The number of pyridine rings is 2. The standard InChI is InChI=1S/C16H14N4O/c1-10-5-4-8-18-15(10)20-16(21)13-9-19-14(17)12-7-3-2-6-11(12)13/h2-9H,1H3,(H2,17,19)(H,18,20,21). The van der Waals surface area contributed by atoms with Crippen LogP contribution in [-0.4, -0.2) is 15.9 Å². The highest BCUT2D eigenvalue weighted by Crippen LogP contribution is 2.23. The number of hydrogen-bond acceptors (Lipinski definition) is 4. The number of fused-ring (bicyclic) bond motifs is 1. The fourth-order valence-electron chi connectivity index (χ4n) is 2.19. The van der Waals surface area contributed by atoms with Gasteiger partial charge in [-0.1, -0.05) is 30.3 Å². The lowest BCUT2D eigenvalue weighted by Crippen LogP contribution is -2.15. The summed E-state index contributed by atoms with van der Waals surface area (Å²) in [6.45, 7) is 1.89. The zero-order chi connectivity index (χ0) is 14.8. The number of hydrogen-bond donors (Lipinski definition) is 2. The second-order valence-electron chi connectivity index (χ2n) is 4.73. The number of nitrogens with zero attached hydrogens (tertiary/aromatic N) is 2. The molecule has 0 aliphatic rings. The quantitative estimate of drug-likeness (QED) is 0.755. The van der Waals surface area contributed by atoms with Gasteiger partial charge >= 0.3 is 0 Å². The molecule has 1 aromatic carbocycles. The molecule has 0 aliphatic heterocycles. The van der Waals surface area contributed by atoms with Crippen LogP contribution < -0.4 is 11.1 Å². The first-order chi connectivity index (χ1) is 10.2. The van der Waals surface area contributed by atoms with E-state index in [1.165, 1.54) is 6.20 Å². The molecule has 21 heavy (non-hydrogen) atoms. The van der Waals surface area contributed by atoms with Crippen molar-refractivity contribution in [2.24, 2.45) is 0 Å². The van der Waals surface area contributed by atoms with E-state index in [9.17, 15) is 4.79 Å². The summed E-state index contributed by atoms with van der Waals surface area (Å²) in [7, 11) is 0. The van der Waals surface area contributed by atoms with Crippen LogP contribution in [-0.2, 0) is 0 Å². The molecule has 2 heterocycles. The summed E-state index contributed by atoms with van der Waals surface area (Å²) in [5.74, 6) is 0.708. The van der Waals surface area contributed by atoms with Crippen LogP contribution in [0.15, 0.2) is 48.8 Å². The number of nitrogen functional groups attached to an aromatic ring is 1. The van der Waals surface area contributed by atoms with Gasteiger partial charge in [-0.15, -0.1) is 0 Å². The van der Waals surface area contributed by atoms with Crippen LogP contribution in [0, 0.1) is 6.92 Å². The molecule has 2 aromatic heterocycles. The van der Waals surface area contributed by atoms with Crippen LogP contribution >= 0.6 is 0 Å². The van der Waals surface area contributed by atoms with Gasteiger partial charge in [0, 0.05) is 17.8 Å². The Kier molecular flexibility index (Phi) is 3.23. The average molecular weight is 278 g/mol. The van der Waals surface area contributed by atoms with Gasteiger partial charge in [-0.05, 0) is 23.9 Å². The molecule has 0 saturated carbocycles. The molecular formula is C16H14N4O. The highest BCUT2D eigenvalue weighted by atomic mass is 16.1. The lowest BCUT2D eigenvalue weighted by Gasteiger charge is -2.09. The number of nitrogens with two attached hydrogens (primary N) is 1. The lowest BCUT2D eigenvalue weighted by molar-refractivity contribution is 0.102. The Balaban J connectivity index is 2.03. The molecule has 0 aliphatic carbocycles. The molecule has 3 N–H and O–H groups in total. The molecule has 3 rings (SSSR count). The number of rotatable bonds is 2. The summed E-state index contributed by atoms with van der Waals surface area (Å²) in [6.07, 6.45) is 3.13. The van der Waals surface area contributed by atoms with Gasteiger partial charge < -0.3 is 11.1 Å². The monoisotopic (exact) mass is 278 g/mol. The van der Waals surface area contributed by atoms with E-state index in [0.717, 1.165) is 16.3 Å². The lowest BCUT2D eigenvalue weighted by atomic mass is 10.1. The first-order valence-electron chi connectivity index (χ1n) is 6.53. The number of amides is 1. The highest BCUT2D eigenvalue weighted by Gasteiger charge is 2.13. The van der Waals surface area contributed by atoms with Crippen LogP contribution in [0.4, 0.5) is 11.6 Å². The van der Waals surface area contributed by atoms with Crippen molar-refractivity contribution >= 4 is 28.3 Å². The van der Waals surface area contributed by atoms with E-state index in [4.69, 9.17) is 5.73 Å². The maximum absolute atomic E-state index is 12.5. The third-order valence-corrected chi connectivity index (χ3v) is 3.31. The van der Waals surface area contributed by atoms with Gasteiger partial charge in [0.1, 0.15) is 11.6 Å². The summed E-state index contributed by atoms with van der Waals surface area (Å²) < 4.78 is 0. The first-order valence-corrected chi connectivity index (χ1v) is 6.53. The average Bonchev–Trinajstić information content (AvgIpc) is 2.50. The normalized spacial score (nSPS) is 10.5. The predicted molar refractivity (Wildman–Crippen MR) is 83.1 cm³/mol. The van der Waals surface area contributed by atoms with Gasteiger partial charge in [-0.3, -0.25) is 4.79 Å². The first kappa shape index (κ1) is 13.1. The maximum atomic E-state index is 12.5. The van der Waals surface area contributed by atoms with Crippen LogP contribution in [0.5, 0.6) is 0 Å². The van der Waals surface area contributed by atoms with Crippen molar-refractivity contribution in [1.29, 1.82) is 0 Å². The molecule has 0 spiro atoms. The van der Waals surface area contributed by atoms with E-state index < -0.39 is 0 Å². The minimum absolute atomic E-state index is 0.250. The summed E-state index contributed by atoms with van der Waals surface area (Å²) in [5.41, 5.74) is 7.22. The number of nitrogens with one attached hydrogen (secondary N) is 1. The topological polar surface area (TPSA) is 80.9 Å². The molecule has 0 atom stereocenters. The molecule has 0 radical (unpaired) electrons. The van der Waals surface area contributed by atoms with Crippen molar-refractivity contribution in [3.8, 4) is 0 Å². The van der Waals surface area contributed by atoms with Gasteiger partial charge in [-0.25, -0.2) is 9.97 Å². The second kappa shape index (κ2) is 5.20. The Morgan fingerprint density at radius 2 is 1.86 bits per heavy atom. The zero-order valence-electron chi connectivity index (χ0n) is 11.5. The number of aromatic nitrogens is 2. The van der Waals surface area contributed by atoms with Gasteiger partial charge in [-0.2, -0.15) is 0 Å². The number of carbonyl (C=O) groups excluding carboxylic acids is 1. The largest absolute Gasteiger partial charge is 0.383 e. The maximum Gasteiger partial charge on any atom is 0.259 e. The van der Waals surface area contributed by atoms with Crippen molar-refractivity contribution in [2.75, 3.05) is 11.1 Å². The van der Waals surface area contributed by atoms with Crippen molar-refractivity contribution < 1.29 is 4.79 Å². The number of carbonyl (C=O) groups is 1. The summed E-state index contributed by atoms with van der Waals surface area (Å²) in [5, 5.41) is 4.35. The third-order valence-electron chi connectivity index (χ3n) is 3.31. The van der Waals surface area contributed by atoms with Crippen LogP contribution in [0.3, 0.4) is 0 Å². The smallest absolute Gasteiger partial charge is 0.259 e. The van der Waals surface area contributed by atoms with Crippen molar-refractivity contribution in [1.82, 2.24) is 9.97 Å². The number of aryl methyl sites for hydroxylation is 1. The summed E-state index contributed by atoms with van der Waals surface area (Å²) in [6, 6.07) is 11.1. The fourth-order valence-corrected chi connectivity index (χ4v) is 2.19. The summed E-state index contributed by atoms with van der Waals surface area (Å²) in [4.78, 5) is 20.7. The third kappa shape index (κ3) is 2.41. The van der Waals surface area contributed by atoms with E-state index in [1.54, 1.807) is 6.20 Å². The Hall–Kier alpha value is -2.95.